The van der Waals surface area contributed by atoms with Crippen LogP contribution in [0.5, 0.6) is 0 Å². The molecule has 138 valence electrons. The molecule has 0 unspecified atom stereocenters. The Morgan fingerprint density at radius 2 is 2.15 bits per heavy atom. The molecule has 1 amide bonds. The molecule has 1 aliphatic heterocycles. The van der Waals surface area contributed by atoms with Crippen molar-refractivity contribution in [3.8, 4) is 0 Å². The molecule has 26 heavy (non-hydrogen) atoms. The number of ether oxygens (including phenoxy) is 1. The lowest BCUT2D eigenvalue weighted by Gasteiger charge is -2.41. The van der Waals surface area contributed by atoms with E-state index in [-0.39, 0.29) is 11.9 Å². The molecule has 0 N–H and O–H groups in total. The smallest absolute Gasteiger partial charge is 0.314 e. The third kappa shape index (κ3) is 4.10. The number of esters is 1. The summed E-state index contributed by atoms with van der Waals surface area (Å²) in [6.45, 7) is 3.17. The maximum absolute atomic E-state index is 12.9. The van der Waals surface area contributed by atoms with Crippen molar-refractivity contribution in [2.75, 3.05) is 19.7 Å². The zero-order valence-electron chi connectivity index (χ0n) is 14.7. The van der Waals surface area contributed by atoms with E-state index in [2.05, 4.69) is 0 Å². The van der Waals surface area contributed by atoms with Crippen molar-refractivity contribution >= 4 is 34.8 Å². The van der Waals surface area contributed by atoms with Gasteiger partial charge in [0.1, 0.15) is 0 Å². The van der Waals surface area contributed by atoms with E-state index in [9.17, 15) is 9.59 Å². The summed E-state index contributed by atoms with van der Waals surface area (Å²) in [6.07, 6.45) is 1.99. The van der Waals surface area contributed by atoms with Gasteiger partial charge in [-0.3, -0.25) is 9.59 Å². The van der Waals surface area contributed by atoms with Crippen molar-refractivity contribution in [2.45, 2.75) is 26.2 Å². The van der Waals surface area contributed by atoms with Crippen molar-refractivity contribution in [1.82, 2.24) is 4.90 Å². The molecule has 1 atom stereocenters. The number of carbonyl (C=O) groups excluding carboxylic acids is 2. The SMILES string of the molecule is CCOC(=O)[C@@]1(Cc2cccc(Cl)c2)CCCN(C(=O)c2cccs2)C1. The monoisotopic (exact) mass is 391 g/mol. The first-order valence-electron chi connectivity index (χ1n) is 8.78. The fourth-order valence-electron chi connectivity index (χ4n) is 3.57. The van der Waals surface area contributed by atoms with Crippen LogP contribution in [-0.4, -0.2) is 36.5 Å². The van der Waals surface area contributed by atoms with E-state index in [0.717, 1.165) is 12.0 Å². The number of rotatable bonds is 5. The van der Waals surface area contributed by atoms with Crippen molar-refractivity contribution in [3.63, 3.8) is 0 Å². The molecule has 0 spiro atoms. The summed E-state index contributed by atoms with van der Waals surface area (Å²) >= 11 is 7.54. The van der Waals surface area contributed by atoms with Gasteiger partial charge in [0.25, 0.3) is 5.91 Å². The Morgan fingerprint density at radius 3 is 2.85 bits per heavy atom. The number of nitrogens with zero attached hydrogens (tertiary/aromatic N) is 1. The van der Waals surface area contributed by atoms with Gasteiger partial charge in [0, 0.05) is 18.1 Å². The second-order valence-electron chi connectivity index (χ2n) is 6.62. The lowest BCUT2D eigenvalue weighted by molar-refractivity contribution is -0.158. The minimum Gasteiger partial charge on any atom is -0.466 e. The highest BCUT2D eigenvalue weighted by molar-refractivity contribution is 7.12. The summed E-state index contributed by atoms with van der Waals surface area (Å²) in [4.78, 5) is 28.2. The molecular weight excluding hydrogens is 370 g/mol. The number of amides is 1. The van der Waals surface area contributed by atoms with Gasteiger partial charge in [-0.1, -0.05) is 29.8 Å². The molecule has 0 aliphatic carbocycles. The van der Waals surface area contributed by atoms with Crippen molar-refractivity contribution in [1.29, 1.82) is 0 Å². The largest absolute Gasteiger partial charge is 0.466 e. The predicted molar refractivity (Wildman–Crippen MR) is 104 cm³/mol. The number of carbonyl (C=O) groups is 2. The quantitative estimate of drug-likeness (QED) is 0.708. The zero-order valence-corrected chi connectivity index (χ0v) is 16.3. The minimum absolute atomic E-state index is 0.0144. The van der Waals surface area contributed by atoms with Gasteiger partial charge in [0.15, 0.2) is 0 Å². The Hall–Kier alpha value is -1.85. The molecule has 1 aliphatic rings. The first kappa shape index (κ1) is 18.9. The second-order valence-corrected chi connectivity index (χ2v) is 8.00. The number of likely N-dealkylation sites (tertiary alicyclic amines) is 1. The summed E-state index contributed by atoms with van der Waals surface area (Å²) in [5.74, 6) is -0.247. The van der Waals surface area contributed by atoms with Crippen LogP contribution in [0, 0.1) is 5.41 Å². The molecule has 2 heterocycles. The number of hydrogen-bond donors (Lipinski definition) is 0. The van der Waals surface area contributed by atoms with Gasteiger partial charge < -0.3 is 9.64 Å². The average Bonchev–Trinajstić information content (AvgIpc) is 3.16. The molecule has 3 rings (SSSR count). The average molecular weight is 392 g/mol. The summed E-state index contributed by atoms with van der Waals surface area (Å²) in [5.41, 5.74) is 0.252. The lowest BCUT2D eigenvalue weighted by Crippen LogP contribution is -2.51. The Morgan fingerprint density at radius 1 is 1.31 bits per heavy atom. The highest BCUT2D eigenvalue weighted by atomic mass is 35.5. The van der Waals surface area contributed by atoms with Crippen LogP contribution in [-0.2, 0) is 16.0 Å². The molecule has 0 saturated carbocycles. The van der Waals surface area contributed by atoms with Gasteiger partial charge in [-0.25, -0.2) is 0 Å². The van der Waals surface area contributed by atoms with E-state index in [0.29, 0.717) is 42.4 Å². The van der Waals surface area contributed by atoms with Gasteiger partial charge in [0.2, 0.25) is 0 Å². The molecule has 6 heteroatoms. The maximum atomic E-state index is 12.9. The van der Waals surface area contributed by atoms with Crippen LogP contribution in [0.25, 0.3) is 0 Å². The van der Waals surface area contributed by atoms with E-state index < -0.39 is 5.41 Å². The highest BCUT2D eigenvalue weighted by Crippen LogP contribution is 2.36. The van der Waals surface area contributed by atoms with Crippen molar-refractivity contribution < 1.29 is 14.3 Å². The Labute approximate surface area is 162 Å². The molecule has 1 saturated heterocycles. The first-order chi connectivity index (χ1) is 12.5. The predicted octanol–water partition coefficient (Wildman–Crippen LogP) is 4.43. The second kappa shape index (κ2) is 8.23. The van der Waals surface area contributed by atoms with Crippen molar-refractivity contribution in [2.24, 2.45) is 5.41 Å². The fourth-order valence-corrected chi connectivity index (χ4v) is 4.47. The Balaban J connectivity index is 1.87. The van der Waals surface area contributed by atoms with Crippen LogP contribution >= 0.6 is 22.9 Å². The van der Waals surface area contributed by atoms with Gasteiger partial charge in [-0.05, 0) is 55.3 Å². The molecule has 1 fully saturated rings. The van der Waals surface area contributed by atoms with Crippen LogP contribution in [0.3, 0.4) is 0 Å². The van der Waals surface area contributed by atoms with E-state index in [1.165, 1.54) is 11.3 Å². The zero-order chi connectivity index (χ0) is 18.6. The molecular formula is C20H22ClNO3S. The van der Waals surface area contributed by atoms with Crippen molar-refractivity contribution in [3.05, 3.63) is 57.2 Å². The summed E-state index contributed by atoms with van der Waals surface area (Å²) in [5, 5.41) is 2.53. The molecule has 1 aromatic carbocycles. The summed E-state index contributed by atoms with van der Waals surface area (Å²) in [7, 11) is 0. The highest BCUT2D eigenvalue weighted by Gasteiger charge is 2.45. The number of thiophene rings is 1. The number of hydrogen-bond acceptors (Lipinski definition) is 4. The topological polar surface area (TPSA) is 46.6 Å². The summed E-state index contributed by atoms with van der Waals surface area (Å²) in [6, 6.07) is 11.2. The fraction of sp³-hybridized carbons (Fsp3) is 0.400. The first-order valence-corrected chi connectivity index (χ1v) is 10.0. The lowest BCUT2D eigenvalue weighted by atomic mass is 9.75. The number of halogens is 1. The maximum Gasteiger partial charge on any atom is 0.314 e. The molecule has 0 bridgehead atoms. The Kier molecular flexibility index (Phi) is 5.99. The van der Waals surface area contributed by atoms with E-state index in [1.54, 1.807) is 4.90 Å². The Bertz CT molecular complexity index is 777. The van der Waals surface area contributed by atoms with Crippen LogP contribution in [0.15, 0.2) is 41.8 Å². The van der Waals surface area contributed by atoms with Gasteiger partial charge in [0.05, 0.1) is 16.9 Å². The van der Waals surface area contributed by atoms with E-state index in [1.807, 2.05) is 48.7 Å². The van der Waals surface area contributed by atoms with Gasteiger partial charge in [-0.2, -0.15) is 0 Å². The third-order valence-corrected chi connectivity index (χ3v) is 5.83. The van der Waals surface area contributed by atoms with Crippen LogP contribution in [0.1, 0.15) is 35.0 Å². The number of benzene rings is 1. The summed E-state index contributed by atoms with van der Waals surface area (Å²) < 4.78 is 5.40. The third-order valence-electron chi connectivity index (χ3n) is 4.74. The van der Waals surface area contributed by atoms with Gasteiger partial charge in [-0.15, -0.1) is 11.3 Å². The van der Waals surface area contributed by atoms with Gasteiger partial charge >= 0.3 is 5.97 Å². The molecule has 2 aromatic rings. The molecule has 0 radical (unpaired) electrons. The van der Waals surface area contributed by atoms with Crippen LogP contribution < -0.4 is 0 Å². The van der Waals surface area contributed by atoms with Crippen LogP contribution in [0.4, 0.5) is 0 Å². The number of piperidine rings is 1. The van der Waals surface area contributed by atoms with Crippen LogP contribution in [0.2, 0.25) is 5.02 Å². The standard InChI is InChI=1S/C20H22ClNO3S/c1-2-25-19(24)20(13-15-6-3-7-16(21)12-15)9-5-10-22(14-20)18(23)17-8-4-11-26-17/h3-4,6-8,11-12H,2,5,9-10,13-14H2,1H3/t20-/m1/s1. The molecule has 1 aromatic heterocycles. The van der Waals surface area contributed by atoms with E-state index >= 15 is 0 Å². The van der Waals surface area contributed by atoms with E-state index in [4.69, 9.17) is 16.3 Å². The molecule has 4 nitrogen and oxygen atoms in total. The normalized spacial score (nSPS) is 20.0. The minimum atomic E-state index is -0.730.